The van der Waals surface area contributed by atoms with Crippen LogP contribution in [0.2, 0.25) is 0 Å². The minimum Gasteiger partial charge on any atom is -0.461 e. The van der Waals surface area contributed by atoms with Gasteiger partial charge in [-0.15, -0.1) is 11.3 Å². The highest BCUT2D eigenvalue weighted by atomic mass is 32.1. The molecule has 216 valence electrons. The van der Waals surface area contributed by atoms with Gasteiger partial charge in [-0.1, -0.05) is 12.1 Å². The molecule has 3 fully saturated rings. The number of nitriles is 1. The molecular formula is C30H29FN6O4S. The van der Waals surface area contributed by atoms with Crippen LogP contribution >= 0.6 is 11.3 Å². The van der Waals surface area contributed by atoms with Crippen LogP contribution in [0.1, 0.15) is 29.5 Å². The molecule has 0 amide bonds. The first-order chi connectivity index (χ1) is 20.6. The molecule has 2 aromatic carbocycles. The number of halogens is 1. The number of hydrogen-bond donors (Lipinski definition) is 2. The number of fused-ring (bicyclic) bond motifs is 6. The van der Waals surface area contributed by atoms with Crippen molar-refractivity contribution in [1.82, 2.24) is 15.3 Å². The summed E-state index contributed by atoms with van der Waals surface area (Å²) in [6.07, 6.45) is 1.81. The number of benzene rings is 2. The molecule has 42 heavy (non-hydrogen) atoms. The van der Waals surface area contributed by atoms with E-state index in [-0.39, 0.29) is 42.9 Å². The number of nitrogen functional groups attached to an aromatic ring is 1. The summed E-state index contributed by atoms with van der Waals surface area (Å²) in [5, 5.41) is 15.2. The lowest BCUT2D eigenvalue weighted by atomic mass is 9.90. The highest BCUT2D eigenvalue weighted by molar-refractivity contribution is 7.23. The first-order valence-corrected chi connectivity index (χ1v) is 15.1. The van der Waals surface area contributed by atoms with Crippen LogP contribution in [-0.2, 0) is 27.4 Å². The van der Waals surface area contributed by atoms with E-state index in [1.165, 1.54) is 11.3 Å². The lowest BCUT2D eigenvalue weighted by Crippen LogP contribution is -2.52. The van der Waals surface area contributed by atoms with Crippen LogP contribution in [0.25, 0.3) is 32.1 Å². The maximum Gasteiger partial charge on any atom is 0.319 e. The summed E-state index contributed by atoms with van der Waals surface area (Å²) in [6, 6.07) is 8.43. The fourth-order valence-electron chi connectivity index (χ4n) is 6.93. The first-order valence-electron chi connectivity index (χ1n) is 14.3. The van der Waals surface area contributed by atoms with Gasteiger partial charge in [0.05, 0.1) is 44.0 Å². The van der Waals surface area contributed by atoms with E-state index in [4.69, 9.17) is 29.7 Å². The molecule has 2 bridgehead atoms. The highest BCUT2D eigenvalue weighted by Crippen LogP contribution is 2.48. The van der Waals surface area contributed by atoms with E-state index in [2.05, 4.69) is 21.3 Å². The lowest BCUT2D eigenvalue weighted by molar-refractivity contribution is -0.102. The zero-order valence-corrected chi connectivity index (χ0v) is 23.6. The summed E-state index contributed by atoms with van der Waals surface area (Å²) in [6.45, 7) is 3.90. The standard InChI is InChI=1S/C30H29FN6O4S/c31-26-24(18-2-1-3-22-23(18)19(8-32)28(33)42-22)20-13-39-14-21(20)25-27(26)35-30(41-12-17-11-38-6-7-40-17)36-29(25)37-15-4-5-16(37)10-34-9-15/h1-3,15-17,34H,4-7,9-14,33H2/t15?,16?,17-/m1/s1. The molecule has 4 aliphatic rings. The molecule has 3 atom stereocenters. The maximum atomic E-state index is 17.1. The quantitative estimate of drug-likeness (QED) is 0.355. The van der Waals surface area contributed by atoms with Gasteiger partial charge in [-0.2, -0.15) is 15.2 Å². The number of thiophene rings is 1. The van der Waals surface area contributed by atoms with Crippen molar-refractivity contribution < 1.29 is 23.3 Å². The number of anilines is 2. The molecule has 4 aromatic rings. The van der Waals surface area contributed by atoms with Gasteiger partial charge in [0.1, 0.15) is 35.1 Å². The van der Waals surface area contributed by atoms with Crippen LogP contribution in [0.4, 0.5) is 15.2 Å². The summed E-state index contributed by atoms with van der Waals surface area (Å²) >= 11 is 1.33. The first kappa shape index (κ1) is 26.1. The summed E-state index contributed by atoms with van der Waals surface area (Å²) in [7, 11) is 0. The summed E-state index contributed by atoms with van der Waals surface area (Å²) in [5.74, 6) is 0.205. The molecule has 3 saturated heterocycles. The zero-order chi connectivity index (χ0) is 28.4. The lowest BCUT2D eigenvalue weighted by Gasteiger charge is -2.37. The second kappa shape index (κ2) is 10.3. The van der Waals surface area contributed by atoms with E-state index in [1.807, 2.05) is 18.2 Å². The summed E-state index contributed by atoms with van der Waals surface area (Å²) in [5.41, 5.74) is 9.39. The molecule has 12 heteroatoms. The fourth-order valence-corrected chi connectivity index (χ4v) is 7.88. The van der Waals surface area contributed by atoms with E-state index in [1.54, 1.807) is 0 Å². The van der Waals surface area contributed by atoms with Gasteiger partial charge in [0.25, 0.3) is 0 Å². The van der Waals surface area contributed by atoms with Crippen LogP contribution in [0, 0.1) is 17.1 Å². The van der Waals surface area contributed by atoms with E-state index >= 15 is 4.39 Å². The Labute approximate surface area is 245 Å². The molecule has 4 aliphatic heterocycles. The monoisotopic (exact) mass is 588 g/mol. The second-order valence-corrected chi connectivity index (χ2v) is 12.2. The number of piperazine rings is 1. The summed E-state index contributed by atoms with van der Waals surface area (Å²) < 4.78 is 41.3. The van der Waals surface area contributed by atoms with Gasteiger partial charge in [-0.05, 0) is 35.6 Å². The van der Waals surface area contributed by atoms with Crippen LogP contribution < -0.4 is 20.7 Å². The van der Waals surface area contributed by atoms with Crippen molar-refractivity contribution >= 4 is 43.1 Å². The normalized spacial score (nSPS) is 23.4. The number of aromatic nitrogens is 2. The van der Waals surface area contributed by atoms with Gasteiger partial charge < -0.3 is 34.9 Å². The van der Waals surface area contributed by atoms with Gasteiger partial charge in [0.15, 0.2) is 5.82 Å². The minimum atomic E-state index is -0.483. The van der Waals surface area contributed by atoms with Crippen molar-refractivity contribution in [3.05, 3.63) is 40.7 Å². The number of nitrogens with two attached hydrogens (primary N) is 1. The molecule has 0 radical (unpaired) electrons. The third-order valence-corrected chi connectivity index (χ3v) is 9.77. The third-order valence-electron chi connectivity index (χ3n) is 8.79. The smallest absolute Gasteiger partial charge is 0.319 e. The van der Waals surface area contributed by atoms with Crippen molar-refractivity contribution in [1.29, 1.82) is 5.26 Å². The Morgan fingerprint density at radius 3 is 2.74 bits per heavy atom. The fraction of sp³-hybridized carbons (Fsp3) is 0.433. The van der Waals surface area contributed by atoms with E-state index < -0.39 is 5.82 Å². The van der Waals surface area contributed by atoms with E-state index in [0.29, 0.717) is 64.7 Å². The Hall–Kier alpha value is -3.60. The highest BCUT2D eigenvalue weighted by Gasteiger charge is 2.40. The van der Waals surface area contributed by atoms with Crippen LogP contribution in [0.5, 0.6) is 6.01 Å². The third kappa shape index (κ3) is 4.03. The van der Waals surface area contributed by atoms with Gasteiger partial charge in [-0.3, -0.25) is 0 Å². The average Bonchev–Trinajstić information content (AvgIpc) is 3.69. The van der Waals surface area contributed by atoms with E-state index in [0.717, 1.165) is 41.8 Å². The van der Waals surface area contributed by atoms with Crippen LogP contribution in [0.3, 0.4) is 0 Å². The SMILES string of the molecule is N#Cc1c(N)sc2cccc(-c3c4c(c5c(N6C7CCC6CNC7)nc(OC[C@H]6COCCO6)nc5c3F)COC4)c12. The molecule has 2 unspecified atom stereocenters. The van der Waals surface area contributed by atoms with Crippen molar-refractivity contribution in [2.24, 2.45) is 0 Å². The second-order valence-electron chi connectivity index (χ2n) is 11.2. The Balaban J connectivity index is 1.36. The molecule has 0 spiro atoms. The topological polar surface area (TPSA) is 128 Å². The maximum absolute atomic E-state index is 17.1. The van der Waals surface area contributed by atoms with Crippen molar-refractivity contribution in [2.45, 2.75) is 44.2 Å². The Kier molecular flexibility index (Phi) is 6.38. The molecule has 8 rings (SSSR count). The molecule has 0 aliphatic carbocycles. The zero-order valence-electron chi connectivity index (χ0n) is 22.8. The molecular weight excluding hydrogens is 559 g/mol. The predicted molar refractivity (Wildman–Crippen MR) is 156 cm³/mol. The van der Waals surface area contributed by atoms with Gasteiger partial charge in [0, 0.05) is 40.8 Å². The molecule has 3 N–H and O–H groups in total. The van der Waals surface area contributed by atoms with Crippen LogP contribution in [-0.4, -0.2) is 67.7 Å². The van der Waals surface area contributed by atoms with Crippen molar-refractivity contribution in [3.8, 4) is 23.2 Å². The largest absolute Gasteiger partial charge is 0.461 e. The van der Waals surface area contributed by atoms with Gasteiger partial charge >= 0.3 is 6.01 Å². The van der Waals surface area contributed by atoms with Crippen molar-refractivity contribution in [3.63, 3.8) is 0 Å². The number of rotatable bonds is 5. The average molecular weight is 589 g/mol. The van der Waals surface area contributed by atoms with E-state index in [9.17, 15) is 5.26 Å². The van der Waals surface area contributed by atoms with Gasteiger partial charge in [-0.25, -0.2) is 4.39 Å². The predicted octanol–water partition coefficient (Wildman–Crippen LogP) is 3.87. The van der Waals surface area contributed by atoms with Crippen molar-refractivity contribution in [2.75, 3.05) is 50.2 Å². The molecule has 10 nitrogen and oxygen atoms in total. The Morgan fingerprint density at radius 2 is 1.95 bits per heavy atom. The number of hydrogen-bond acceptors (Lipinski definition) is 11. The van der Waals surface area contributed by atoms with Gasteiger partial charge in [0.2, 0.25) is 0 Å². The number of ether oxygens (including phenoxy) is 4. The molecule has 0 saturated carbocycles. The molecule has 6 heterocycles. The Bertz CT molecular complexity index is 1750. The molecule has 2 aromatic heterocycles. The van der Waals surface area contributed by atoms with Crippen LogP contribution in [0.15, 0.2) is 18.2 Å². The Morgan fingerprint density at radius 1 is 1.12 bits per heavy atom. The number of nitrogens with one attached hydrogen (secondary N) is 1. The summed E-state index contributed by atoms with van der Waals surface area (Å²) in [4.78, 5) is 12.0. The number of nitrogens with zero attached hydrogens (tertiary/aromatic N) is 4. The minimum absolute atomic E-state index is 0.101.